The van der Waals surface area contributed by atoms with Gasteiger partial charge in [-0.3, -0.25) is 0 Å². The highest BCUT2D eigenvalue weighted by Crippen LogP contribution is 2.32. The molecule has 1 heterocycles. The fourth-order valence-corrected chi connectivity index (χ4v) is 6.49. The van der Waals surface area contributed by atoms with E-state index in [4.69, 9.17) is 0 Å². The smallest absolute Gasteiger partial charge is 0.242 e. The van der Waals surface area contributed by atoms with Crippen LogP contribution < -0.4 is 10.0 Å². The van der Waals surface area contributed by atoms with E-state index in [1.165, 1.54) is 24.2 Å². The van der Waals surface area contributed by atoms with Gasteiger partial charge in [0.15, 0.2) is 0 Å². The average molecular weight is 395 g/mol. The van der Waals surface area contributed by atoms with Crippen LogP contribution in [0.2, 0.25) is 0 Å². The van der Waals surface area contributed by atoms with Gasteiger partial charge in [-0.05, 0) is 53.7 Å². The third-order valence-electron chi connectivity index (χ3n) is 4.04. The van der Waals surface area contributed by atoms with Crippen LogP contribution in [-0.4, -0.2) is 22.0 Å². The van der Waals surface area contributed by atoms with Crippen LogP contribution in [0.4, 0.5) is 0 Å². The maximum atomic E-state index is 12.4. The summed E-state index contributed by atoms with van der Waals surface area (Å²) in [6.07, 6.45) is 4.67. The summed E-state index contributed by atoms with van der Waals surface area (Å²) < 4.78 is 28.3. The zero-order chi connectivity index (χ0) is 15.5. The van der Waals surface area contributed by atoms with Crippen LogP contribution in [0, 0.1) is 11.8 Å². The van der Waals surface area contributed by atoms with Crippen molar-refractivity contribution >= 4 is 37.3 Å². The monoisotopic (exact) mass is 394 g/mol. The minimum absolute atomic E-state index is 0.363. The molecule has 1 aromatic heterocycles. The van der Waals surface area contributed by atoms with Crippen molar-refractivity contribution in [3.63, 3.8) is 0 Å². The molecule has 1 saturated carbocycles. The molecule has 0 aromatic carbocycles. The lowest BCUT2D eigenvalue weighted by molar-refractivity contribution is 0.290. The third-order valence-corrected chi connectivity index (χ3v) is 7.72. The van der Waals surface area contributed by atoms with Gasteiger partial charge >= 0.3 is 0 Å². The van der Waals surface area contributed by atoms with Gasteiger partial charge in [-0.25, -0.2) is 13.1 Å². The standard InChI is InChI=1S/C14H23BrN2O2S2/c1-10-3-5-11(6-4-10)8-17-21(18,19)13-7-12(9-16-2)20-14(13)15/h7,10-11,16-17H,3-6,8-9H2,1-2H3. The molecular formula is C14H23BrN2O2S2. The lowest BCUT2D eigenvalue weighted by atomic mass is 9.83. The molecule has 1 aliphatic rings. The Morgan fingerprint density at radius 2 is 2.00 bits per heavy atom. The van der Waals surface area contributed by atoms with Crippen LogP contribution in [-0.2, 0) is 16.6 Å². The number of halogens is 1. The van der Waals surface area contributed by atoms with E-state index >= 15 is 0 Å². The highest BCUT2D eigenvalue weighted by molar-refractivity contribution is 9.11. The Morgan fingerprint density at radius 3 is 2.62 bits per heavy atom. The van der Waals surface area contributed by atoms with E-state index in [0.29, 0.717) is 27.7 Å². The zero-order valence-corrected chi connectivity index (χ0v) is 15.7. The van der Waals surface area contributed by atoms with E-state index in [1.807, 2.05) is 7.05 Å². The second-order valence-electron chi connectivity index (χ2n) is 5.86. The quantitative estimate of drug-likeness (QED) is 0.777. The Hall–Kier alpha value is 0.0500. The molecule has 0 amide bonds. The molecule has 1 fully saturated rings. The number of rotatable bonds is 6. The van der Waals surface area contributed by atoms with Gasteiger partial charge < -0.3 is 5.32 Å². The van der Waals surface area contributed by atoms with Crippen LogP contribution >= 0.6 is 27.3 Å². The first-order chi connectivity index (χ1) is 9.92. The second kappa shape index (κ2) is 7.55. The van der Waals surface area contributed by atoms with E-state index in [9.17, 15) is 8.42 Å². The molecule has 0 atom stereocenters. The summed E-state index contributed by atoms with van der Waals surface area (Å²) in [6, 6.07) is 1.75. The summed E-state index contributed by atoms with van der Waals surface area (Å²) in [5, 5.41) is 3.04. The first-order valence-electron chi connectivity index (χ1n) is 7.35. The predicted octanol–water partition coefficient (Wildman–Crippen LogP) is 3.33. The number of hydrogen-bond acceptors (Lipinski definition) is 4. The van der Waals surface area contributed by atoms with Crippen LogP contribution in [0.25, 0.3) is 0 Å². The average Bonchev–Trinajstić information content (AvgIpc) is 2.80. The Bertz CT molecular complexity index is 564. The summed E-state index contributed by atoms with van der Waals surface area (Å²) >= 11 is 4.83. The van der Waals surface area contributed by atoms with E-state index in [2.05, 4.69) is 32.9 Å². The summed E-state index contributed by atoms with van der Waals surface area (Å²) in [7, 11) is -1.56. The maximum absolute atomic E-state index is 12.4. The van der Waals surface area contributed by atoms with E-state index in [0.717, 1.165) is 23.6 Å². The fraction of sp³-hybridized carbons (Fsp3) is 0.714. The van der Waals surface area contributed by atoms with Gasteiger partial charge in [0.1, 0.15) is 4.90 Å². The van der Waals surface area contributed by atoms with E-state index in [1.54, 1.807) is 6.07 Å². The largest absolute Gasteiger partial charge is 0.315 e. The first kappa shape index (κ1) is 17.4. The number of nitrogens with one attached hydrogen (secondary N) is 2. The van der Waals surface area contributed by atoms with Crippen LogP contribution in [0.3, 0.4) is 0 Å². The summed E-state index contributed by atoms with van der Waals surface area (Å²) in [5.74, 6) is 1.26. The van der Waals surface area contributed by atoms with Crippen LogP contribution in [0.15, 0.2) is 14.7 Å². The molecule has 0 unspecified atom stereocenters. The van der Waals surface area contributed by atoms with Gasteiger partial charge in [-0.15, -0.1) is 11.3 Å². The molecule has 0 saturated heterocycles. The van der Waals surface area contributed by atoms with Crippen LogP contribution in [0.1, 0.15) is 37.5 Å². The zero-order valence-electron chi connectivity index (χ0n) is 12.5. The molecule has 0 aliphatic heterocycles. The summed E-state index contributed by atoms with van der Waals surface area (Å²) in [6.45, 7) is 3.50. The van der Waals surface area contributed by atoms with Gasteiger partial charge in [0.05, 0.1) is 3.79 Å². The fourth-order valence-electron chi connectivity index (χ4n) is 2.68. The molecule has 1 aliphatic carbocycles. The lowest BCUT2D eigenvalue weighted by Crippen LogP contribution is -2.31. The molecule has 4 nitrogen and oxygen atoms in total. The molecule has 120 valence electrons. The van der Waals surface area contributed by atoms with Crippen molar-refractivity contribution in [3.8, 4) is 0 Å². The lowest BCUT2D eigenvalue weighted by Gasteiger charge is -2.26. The molecule has 7 heteroatoms. The van der Waals surface area contributed by atoms with Crippen LogP contribution in [0.5, 0.6) is 0 Å². The highest BCUT2D eigenvalue weighted by Gasteiger charge is 2.24. The summed E-state index contributed by atoms with van der Waals surface area (Å²) in [4.78, 5) is 1.37. The minimum Gasteiger partial charge on any atom is -0.315 e. The molecule has 0 radical (unpaired) electrons. The Kier molecular flexibility index (Phi) is 6.25. The van der Waals surface area contributed by atoms with Crippen molar-refractivity contribution in [2.24, 2.45) is 11.8 Å². The molecule has 0 spiro atoms. The number of thiophene rings is 1. The van der Waals surface area contributed by atoms with E-state index < -0.39 is 10.0 Å². The minimum atomic E-state index is -3.42. The topological polar surface area (TPSA) is 58.2 Å². The molecule has 2 N–H and O–H groups in total. The van der Waals surface area contributed by atoms with Crippen molar-refractivity contribution in [1.29, 1.82) is 0 Å². The molecular weight excluding hydrogens is 372 g/mol. The highest BCUT2D eigenvalue weighted by atomic mass is 79.9. The van der Waals surface area contributed by atoms with Crippen molar-refractivity contribution in [1.82, 2.24) is 10.0 Å². The first-order valence-corrected chi connectivity index (χ1v) is 10.4. The van der Waals surface area contributed by atoms with Crippen molar-refractivity contribution < 1.29 is 8.42 Å². The van der Waals surface area contributed by atoms with Gasteiger partial charge in [0, 0.05) is 18.0 Å². The van der Waals surface area contributed by atoms with Crippen molar-refractivity contribution in [3.05, 3.63) is 14.7 Å². The van der Waals surface area contributed by atoms with Gasteiger partial charge in [0.2, 0.25) is 10.0 Å². The Labute approximate surface area is 139 Å². The number of sulfonamides is 1. The summed E-state index contributed by atoms with van der Waals surface area (Å²) in [5.41, 5.74) is 0. The molecule has 21 heavy (non-hydrogen) atoms. The SMILES string of the molecule is CNCc1cc(S(=O)(=O)NCC2CCC(C)CC2)c(Br)s1. The Balaban J connectivity index is 1.98. The molecule has 0 bridgehead atoms. The normalized spacial score (nSPS) is 23.4. The molecule has 2 rings (SSSR count). The van der Waals surface area contributed by atoms with Crippen molar-refractivity contribution in [2.75, 3.05) is 13.6 Å². The van der Waals surface area contributed by atoms with Gasteiger partial charge in [-0.1, -0.05) is 19.8 Å². The van der Waals surface area contributed by atoms with Gasteiger partial charge in [0.25, 0.3) is 0 Å². The number of hydrogen-bond donors (Lipinski definition) is 2. The maximum Gasteiger partial charge on any atom is 0.242 e. The van der Waals surface area contributed by atoms with E-state index in [-0.39, 0.29) is 0 Å². The van der Waals surface area contributed by atoms with Gasteiger partial charge in [-0.2, -0.15) is 0 Å². The van der Waals surface area contributed by atoms with Crippen molar-refractivity contribution in [2.45, 2.75) is 44.0 Å². The molecule has 1 aromatic rings. The second-order valence-corrected chi connectivity index (χ2v) is 10.0. The predicted molar refractivity (Wildman–Crippen MR) is 91.1 cm³/mol. The Morgan fingerprint density at radius 1 is 1.33 bits per heavy atom. The third kappa shape index (κ3) is 4.76.